The van der Waals surface area contributed by atoms with Crippen molar-refractivity contribution in [2.45, 2.75) is 19.9 Å². The molecule has 1 amide bonds. The van der Waals surface area contributed by atoms with E-state index in [0.29, 0.717) is 0 Å². The number of carbonyl (C=O) groups is 1. The van der Waals surface area contributed by atoms with E-state index in [1.165, 1.54) is 16.8 Å². The lowest BCUT2D eigenvalue weighted by atomic mass is 10.2. The van der Waals surface area contributed by atoms with Gasteiger partial charge in [-0.3, -0.25) is 19.6 Å². The van der Waals surface area contributed by atoms with Crippen molar-refractivity contribution in [3.63, 3.8) is 0 Å². The number of para-hydroxylation sites is 2. The summed E-state index contributed by atoms with van der Waals surface area (Å²) in [5.74, 6) is -0.359. The fourth-order valence-corrected chi connectivity index (χ4v) is 1.74. The van der Waals surface area contributed by atoms with Gasteiger partial charge in [-0.15, -0.1) is 0 Å². The number of benzene rings is 1. The van der Waals surface area contributed by atoms with Crippen molar-refractivity contribution in [1.29, 1.82) is 0 Å². The first-order chi connectivity index (χ1) is 9.49. The first-order valence-electron chi connectivity index (χ1n) is 6.05. The minimum atomic E-state index is -0.552. The average Bonchev–Trinajstić information content (AvgIpc) is 2.84. The Morgan fingerprint density at radius 2 is 2.10 bits per heavy atom. The third-order valence-corrected chi connectivity index (χ3v) is 2.88. The lowest BCUT2D eigenvalue weighted by Gasteiger charge is -2.12. The molecule has 1 unspecified atom stereocenters. The number of nitrogens with zero attached hydrogens (tertiary/aromatic N) is 3. The van der Waals surface area contributed by atoms with Crippen LogP contribution in [0.1, 0.15) is 18.7 Å². The molecule has 2 rings (SSSR count). The molecule has 0 bridgehead atoms. The van der Waals surface area contributed by atoms with Gasteiger partial charge in [0.25, 0.3) is 5.69 Å². The van der Waals surface area contributed by atoms with Gasteiger partial charge in [-0.2, -0.15) is 5.10 Å². The van der Waals surface area contributed by atoms with Crippen molar-refractivity contribution in [1.82, 2.24) is 9.78 Å². The molecule has 2 aromatic rings. The lowest BCUT2D eigenvalue weighted by Crippen LogP contribution is -2.24. The van der Waals surface area contributed by atoms with Crippen LogP contribution in [0.5, 0.6) is 0 Å². The molecule has 0 saturated heterocycles. The number of nitro benzene ring substituents is 1. The largest absolute Gasteiger partial charge is 0.319 e. The van der Waals surface area contributed by atoms with E-state index in [9.17, 15) is 14.9 Å². The molecule has 1 N–H and O–H groups in total. The summed E-state index contributed by atoms with van der Waals surface area (Å²) in [5.41, 5.74) is 0.846. The molecule has 7 nitrogen and oxygen atoms in total. The van der Waals surface area contributed by atoms with Crippen LogP contribution in [0, 0.1) is 17.0 Å². The highest BCUT2D eigenvalue weighted by molar-refractivity contribution is 5.95. The molecule has 0 aliphatic carbocycles. The average molecular weight is 274 g/mol. The molecule has 20 heavy (non-hydrogen) atoms. The normalized spacial score (nSPS) is 11.9. The molecule has 0 aliphatic heterocycles. The molecule has 0 aliphatic rings. The molecule has 0 saturated carbocycles. The molecule has 1 heterocycles. The quantitative estimate of drug-likeness (QED) is 0.684. The van der Waals surface area contributed by atoms with Crippen molar-refractivity contribution < 1.29 is 9.72 Å². The van der Waals surface area contributed by atoms with Crippen LogP contribution >= 0.6 is 0 Å². The molecule has 1 atom stereocenters. The van der Waals surface area contributed by atoms with E-state index in [1.54, 1.807) is 31.3 Å². The first kappa shape index (κ1) is 13.7. The van der Waals surface area contributed by atoms with Crippen LogP contribution in [0.3, 0.4) is 0 Å². The van der Waals surface area contributed by atoms with Gasteiger partial charge in [-0.25, -0.2) is 0 Å². The highest BCUT2D eigenvalue weighted by atomic mass is 16.6. The van der Waals surface area contributed by atoms with E-state index in [4.69, 9.17) is 0 Å². The van der Waals surface area contributed by atoms with Crippen LogP contribution in [0.2, 0.25) is 0 Å². The fraction of sp³-hybridized carbons (Fsp3) is 0.231. The predicted molar refractivity (Wildman–Crippen MR) is 73.4 cm³/mol. The third kappa shape index (κ3) is 2.82. The molecular weight excluding hydrogens is 260 g/mol. The molecule has 1 aromatic carbocycles. The monoisotopic (exact) mass is 274 g/mol. The number of hydrogen-bond donors (Lipinski definition) is 1. The van der Waals surface area contributed by atoms with Gasteiger partial charge in [-0.1, -0.05) is 12.1 Å². The minimum Gasteiger partial charge on any atom is -0.319 e. The second-order valence-corrected chi connectivity index (χ2v) is 4.38. The number of aromatic nitrogens is 2. The van der Waals surface area contributed by atoms with Crippen LogP contribution < -0.4 is 5.32 Å². The highest BCUT2D eigenvalue weighted by Crippen LogP contribution is 2.24. The molecule has 0 radical (unpaired) electrons. The zero-order valence-corrected chi connectivity index (χ0v) is 11.1. The first-order valence-corrected chi connectivity index (χ1v) is 6.05. The maximum Gasteiger partial charge on any atom is 0.292 e. The van der Waals surface area contributed by atoms with Gasteiger partial charge in [0.2, 0.25) is 5.91 Å². The number of amides is 1. The fourth-order valence-electron chi connectivity index (χ4n) is 1.74. The Morgan fingerprint density at radius 3 is 2.70 bits per heavy atom. The summed E-state index contributed by atoms with van der Waals surface area (Å²) in [6.45, 7) is 3.50. The number of nitro groups is 1. The Balaban J connectivity index is 2.18. The molecule has 7 heteroatoms. The Labute approximate surface area is 115 Å². The van der Waals surface area contributed by atoms with Crippen molar-refractivity contribution in [3.05, 3.63) is 52.3 Å². The van der Waals surface area contributed by atoms with Crippen molar-refractivity contribution in [2.75, 3.05) is 5.32 Å². The standard InChI is InChI=1S/C13H14N4O3/c1-9-7-8-16(15-9)10(2)13(18)14-11-5-3-4-6-12(11)17(19)20/h3-8,10H,1-2H3,(H,14,18). The van der Waals surface area contributed by atoms with E-state index in [2.05, 4.69) is 10.4 Å². The zero-order chi connectivity index (χ0) is 14.7. The second-order valence-electron chi connectivity index (χ2n) is 4.38. The molecular formula is C13H14N4O3. The Kier molecular flexibility index (Phi) is 3.79. The number of rotatable bonds is 4. The number of carbonyl (C=O) groups excluding carboxylic acids is 1. The molecule has 1 aromatic heterocycles. The van der Waals surface area contributed by atoms with Gasteiger partial charge in [0, 0.05) is 12.3 Å². The van der Waals surface area contributed by atoms with Crippen molar-refractivity contribution in [2.24, 2.45) is 0 Å². The zero-order valence-electron chi connectivity index (χ0n) is 11.1. The van der Waals surface area contributed by atoms with Crippen molar-refractivity contribution in [3.8, 4) is 0 Å². The molecule has 0 fully saturated rings. The smallest absolute Gasteiger partial charge is 0.292 e. The maximum absolute atomic E-state index is 12.1. The molecule has 104 valence electrons. The third-order valence-electron chi connectivity index (χ3n) is 2.88. The maximum atomic E-state index is 12.1. The van der Waals surface area contributed by atoms with Crippen LogP contribution in [0.25, 0.3) is 0 Å². The Bertz CT molecular complexity index is 651. The summed E-state index contributed by atoms with van der Waals surface area (Å²) in [6.07, 6.45) is 1.69. The van der Waals surface area contributed by atoms with Gasteiger partial charge in [-0.05, 0) is 26.0 Å². The van der Waals surface area contributed by atoms with Gasteiger partial charge in [0.1, 0.15) is 11.7 Å². The van der Waals surface area contributed by atoms with Gasteiger partial charge in [0.15, 0.2) is 0 Å². The van der Waals surface area contributed by atoms with E-state index in [-0.39, 0.29) is 17.3 Å². The van der Waals surface area contributed by atoms with E-state index >= 15 is 0 Å². The Hall–Kier alpha value is -2.70. The van der Waals surface area contributed by atoms with Gasteiger partial charge < -0.3 is 5.32 Å². The minimum absolute atomic E-state index is 0.135. The predicted octanol–water partition coefficient (Wildman–Crippen LogP) is 2.30. The summed E-state index contributed by atoms with van der Waals surface area (Å²) in [4.78, 5) is 22.5. The Morgan fingerprint density at radius 1 is 1.40 bits per heavy atom. The number of aryl methyl sites for hydroxylation is 1. The van der Waals surface area contributed by atoms with Crippen LogP contribution in [-0.4, -0.2) is 20.6 Å². The van der Waals surface area contributed by atoms with E-state index in [1.807, 2.05) is 6.92 Å². The number of nitrogens with one attached hydrogen (secondary N) is 1. The topological polar surface area (TPSA) is 90.1 Å². The summed E-state index contributed by atoms with van der Waals surface area (Å²) < 4.78 is 1.51. The lowest BCUT2D eigenvalue weighted by molar-refractivity contribution is -0.383. The molecule has 0 spiro atoms. The van der Waals surface area contributed by atoms with E-state index < -0.39 is 11.0 Å². The summed E-state index contributed by atoms with van der Waals surface area (Å²) >= 11 is 0. The van der Waals surface area contributed by atoms with Crippen LogP contribution in [0.4, 0.5) is 11.4 Å². The second kappa shape index (κ2) is 5.52. The highest BCUT2D eigenvalue weighted by Gasteiger charge is 2.20. The van der Waals surface area contributed by atoms with Crippen LogP contribution in [0.15, 0.2) is 36.5 Å². The van der Waals surface area contributed by atoms with Crippen LogP contribution in [-0.2, 0) is 4.79 Å². The summed E-state index contributed by atoms with van der Waals surface area (Å²) in [5, 5.41) is 17.6. The number of hydrogen-bond acceptors (Lipinski definition) is 4. The SMILES string of the molecule is Cc1ccn(C(C)C(=O)Nc2ccccc2[N+](=O)[O-])n1. The number of anilines is 1. The van der Waals surface area contributed by atoms with Gasteiger partial charge >= 0.3 is 0 Å². The van der Waals surface area contributed by atoms with Gasteiger partial charge in [0.05, 0.1) is 10.6 Å². The summed E-state index contributed by atoms with van der Waals surface area (Å²) in [6, 6.07) is 7.26. The van der Waals surface area contributed by atoms with E-state index in [0.717, 1.165) is 5.69 Å². The summed E-state index contributed by atoms with van der Waals surface area (Å²) in [7, 11) is 0. The van der Waals surface area contributed by atoms with Crippen molar-refractivity contribution >= 4 is 17.3 Å².